The second-order valence-electron chi connectivity index (χ2n) is 3.86. The summed E-state index contributed by atoms with van der Waals surface area (Å²) in [7, 11) is 0. The fourth-order valence-corrected chi connectivity index (χ4v) is 1.88. The quantitative estimate of drug-likeness (QED) is 0.858. The van der Waals surface area contributed by atoms with Gasteiger partial charge >= 0.3 is 0 Å². The molecule has 0 spiro atoms. The molecular weight excluding hydrogens is 200 g/mol. The number of furan rings is 1. The van der Waals surface area contributed by atoms with Crippen LogP contribution in [0.4, 0.5) is 0 Å². The van der Waals surface area contributed by atoms with Gasteiger partial charge in [0, 0.05) is 24.4 Å². The third kappa shape index (κ3) is 1.86. The zero-order valence-electron chi connectivity index (χ0n) is 9.60. The first-order chi connectivity index (χ1) is 7.74. The van der Waals surface area contributed by atoms with Crippen LogP contribution in [0, 0.1) is 6.92 Å². The number of hydrogen-bond acceptors (Lipinski definition) is 3. The van der Waals surface area contributed by atoms with E-state index in [0.29, 0.717) is 0 Å². The summed E-state index contributed by atoms with van der Waals surface area (Å²) >= 11 is 0. The molecule has 2 aromatic heterocycles. The molecule has 0 saturated carbocycles. The highest BCUT2D eigenvalue weighted by Crippen LogP contribution is 2.25. The topological polar surface area (TPSA) is 52.0 Å². The average molecular weight is 216 g/mol. The van der Waals surface area contributed by atoms with E-state index in [1.807, 2.05) is 25.3 Å². The van der Waals surface area contributed by atoms with Crippen LogP contribution in [-0.2, 0) is 6.42 Å². The zero-order chi connectivity index (χ0) is 11.5. The minimum Gasteiger partial charge on any atom is -0.469 e. The van der Waals surface area contributed by atoms with Crippen molar-refractivity contribution in [3.63, 3.8) is 0 Å². The summed E-state index contributed by atoms with van der Waals surface area (Å²) in [6.07, 6.45) is 6.16. The van der Waals surface area contributed by atoms with Gasteiger partial charge in [-0.2, -0.15) is 0 Å². The molecule has 3 nitrogen and oxygen atoms in total. The standard InChI is InChI=1S/C13H16N2O/c1-3-12-10(5-7-16-12)13(14)11-8-15-6-4-9(11)2/h4-8,13H,3,14H2,1-2H3. The Bertz CT molecular complexity index is 476. The van der Waals surface area contributed by atoms with Crippen LogP contribution < -0.4 is 5.73 Å². The maximum Gasteiger partial charge on any atom is 0.108 e. The first-order valence-electron chi connectivity index (χ1n) is 5.46. The van der Waals surface area contributed by atoms with Crippen LogP contribution in [-0.4, -0.2) is 4.98 Å². The van der Waals surface area contributed by atoms with Crippen molar-refractivity contribution < 1.29 is 4.42 Å². The molecule has 0 saturated heterocycles. The number of nitrogens with zero attached hydrogens (tertiary/aromatic N) is 1. The van der Waals surface area contributed by atoms with Crippen molar-refractivity contribution in [3.8, 4) is 0 Å². The summed E-state index contributed by atoms with van der Waals surface area (Å²) in [6.45, 7) is 4.10. The van der Waals surface area contributed by atoms with Gasteiger partial charge in [0.25, 0.3) is 0 Å². The van der Waals surface area contributed by atoms with Gasteiger partial charge in [0.15, 0.2) is 0 Å². The Hall–Kier alpha value is -1.61. The fourth-order valence-electron chi connectivity index (χ4n) is 1.88. The van der Waals surface area contributed by atoms with Crippen molar-refractivity contribution in [1.82, 2.24) is 4.98 Å². The van der Waals surface area contributed by atoms with Crippen LogP contribution >= 0.6 is 0 Å². The van der Waals surface area contributed by atoms with E-state index in [0.717, 1.165) is 28.9 Å². The van der Waals surface area contributed by atoms with Crippen LogP contribution in [0.3, 0.4) is 0 Å². The normalized spacial score (nSPS) is 12.7. The van der Waals surface area contributed by atoms with Gasteiger partial charge in [-0.15, -0.1) is 0 Å². The highest BCUT2D eigenvalue weighted by Gasteiger charge is 2.16. The summed E-state index contributed by atoms with van der Waals surface area (Å²) in [5.41, 5.74) is 9.50. The number of rotatable bonds is 3. The van der Waals surface area contributed by atoms with Gasteiger partial charge < -0.3 is 10.2 Å². The molecule has 2 aromatic rings. The van der Waals surface area contributed by atoms with Crippen molar-refractivity contribution in [2.75, 3.05) is 0 Å². The third-order valence-corrected chi connectivity index (χ3v) is 2.85. The summed E-state index contributed by atoms with van der Waals surface area (Å²) < 4.78 is 5.40. The maximum absolute atomic E-state index is 6.24. The van der Waals surface area contributed by atoms with Gasteiger partial charge in [0.1, 0.15) is 5.76 Å². The Kier molecular flexibility index (Phi) is 3.06. The van der Waals surface area contributed by atoms with E-state index >= 15 is 0 Å². The van der Waals surface area contributed by atoms with E-state index in [1.165, 1.54) is 0 Å². The lowest BCUT2D eigenvalue weighted by Crippen LogP contribution is -2.14. The Balaban J connectivity index is 2.39. The van der Waals surface area contributed by atoms with E-state index < -0.39 is 0 Å². The molecule has 0 aliphatic heterocycles. The fraction of sp³-hybridized carbons (Fsp3) is 0.308. The molecule has 0 aliphatic carbocycles. The van der Waals surface area contributed by atoms with Crippen LogP contribution in [0.1, 0.15) is 35.4 Å². The molecule has 2 rings (SSSR count). The van der Waals surface area contributed by atoms with Crippen molar-refractivity contribution in [3.05, 3.63) is 53.2 Å². The van der Waals surface area contributed by atoms with Gasteiger partial charge in [0.05, 0.1) is 12.3 Å². The van der Waals surface area contributed by atoms with E-state index in [9.17, 15) is 0 Å². The van der Waals surface area contributed by atoms with E-state index in [-0.39, 0.29) is 6.04 Å². The predicted molar refractivity (Wildman–Crippen MR) is 63.1 cm³/mol. The molecule has 3 heteroatoms. The first-order valence-corrected chi connectivity index (χ1v) is 5.46. The van der Waals surface area contributed by atoms with E-state index in [1.54, 1.807) is 12.5 Å². The summed E-state index contributed by atoms with van der Waals surface area (Å²) in [6, 6.07) is 3.76. The summed E-state index contributed by atoms with van der Waals surface area (Å²) in [4.78, 5) is 4.12. The summed E-state index contributed by atoms with van der Waals surface area (Å²) in [5, 5.41) is 0. The molecule has 0 bridgehead atoms. The van der Waals surface area contributed by atoms with Crippen molar-refractivity contribution in [1.29, 1.82) is 0 Å². The molecule has 0 radical (unpaired) electrons. The lowest BCUT2D eigenvalue weighted by Gasteiger charge is -2.13. The van der Waals surface area contributed by atoms with Crippen molar-refractivity contribution in [2.45, 2.75) is 26.3 Å². The van der Waals surface area contributed by atoms with Gasteiger partial charge in [-0.05, 0) is 30.2 Å². The molecule has 16 heavy (non-hydrogen) atoms. The SMILES string of the molecule is CCc1occc1C(N)c1cnccc1C. The molecule has 1 unspecified atom stereocenters. The van der Waals surface area contributed by atoms with Crippen molar-refractivity contribution >= 4 is 0 Å². The van der Waals surface area contributed by atoms with Crippen LogP contribution in [0.5, 0.6) is 0 Å². The molecular formula is C13H16N2O. The second-order valence-corrected chi connectivity index (χ2v) is 3.86. The van der Waals surface area contributed by atoms with Gasteiger partial charge in [0.2, 0.25) is 0 Å². The average Bonchev–Trinajstić information content (AvgIpc) is 2.77. The second kappa shape index (κ2) is 4.49. The van der Waals surface area contributed by atoms with E-state index in [2.05, 4.69) is 11.9 Å². The lowest BCUT2D eigenvalue weighted by atomic mass is 9.97. The van der Waals surface area contributed by atoms with Crippen LogP contribution in [0.2, 0.25) is 0 Å². The number of nitrogens with two attached hydrogens (primary N) is 1. The summed E-state index contributed by atoms with van der Waals surface area (Å²) in [5.74, 6) is 0.954. The van der Waals surface area contributed by atoms with Gasteiger partial charge in [-0.3, -0.25) is 4.98 Å². The van der Waals surface area contributed by atoms with E-state index in [4.69, 9.17) is 10.2 Å². The minimum atomic E-state index is -0.151. The molecule has 0 amide bonds. The van der Waals surface area contributed by atoms with Gasteiger partial charge in [-0.25, -0.2) is 0 Å². The maximum atomic E-state index is 6.24. The Morgan fingerprint density at radius 3 is 2.88 bits per heavy atom. The lowest BCUT2D eigenvalue weighted by molar-refractivity contribution is 0.509. The zero-order valence-corrected chi connectivity index (χ0v) is 9.60. The van der Waals surface area contributed by atoms with Crippen molar-refractivity contribution in [2.24, 2.45) is 5.73 Å². The number of aromatic nitrogens is 1. The highest BCUT2D eigenvalue weighted by atomic mass is 16.3. The van der Waals surface area contributed by atoms with Gasteiger partial charge in [-0.1, -0.05) is 6.92 Å². The molecule has 0 aliphatic rings. The van der Waals surface area contributed by atoms with Crippen LogP contribution in [0.25, 0.3) is 0 Å². The number of hydrogen-bond donors (Lipinski definition) is 1. The highest BCUT2D eigenvalue weighted by molar-refractivity contribution is 5.35. The van der Waals surface area contributed by atoms with Crippen LogP contribution in [0.15, 0.2) is 35.2 Å². The molecule has 0 aromatic carbocycles. The predicted octanol–water partition coefficient (Wildman–Crippen LogP) is 2.59. The molecule has 2 heterocycles. The molecule has 0 fully saturated rings. The molecule has 84 valence electrons. The number of aryl methyl sites for hydroxylation is 2. The smallest absolute Gasteiger partial charge is 0.108 e. The Morgan fingerprint density at radius 1 is 1.38 bits per heavy atom. The first kappa shape index (κ1) is 10.9. The monoisotopic (exact) mass is 216 g/mol. The Morgan fingerprint density at radius 2 is 2.19 bits per heavy atom. The number of pyridine rings is 1. The Labute approximate surface area is 95.3 Å². The largest absolute Gasteiger partial charge is 0.469 e. The third-order valence-electron chi connectivity index (χ3n) is 2.85. The molecule has 2 N–H and O–H groups in total. The molecule has 1 atom stereocenters. The minimum absolute atomic E-state index is 0.151.